The van der Waals surface area contributed by atoms with E-state index >= 15 is 0 Å². The average Bonchev–Trinajstić information content (AvgIpc) is 3.12. The van der Waals surface area contributed by atoms with Crippen molar-refractivity contribution < 1.29 is 0 Å². The molecule has 31 heavy (non-hydrogen) atoms. The molecule has 0 saturated heterocycles. The monoisotopic (exact) mass is 456 g/mol. The zero-order chi connectivity index (χ0) is 22.1. The summed E-state index contributed by atoms with van der Waals surface area (Å²) in [5, 5.41) is 1.02. The van der Waals surface area contributed by atoms with Crippen LogP contribution >= 0.6 is 23.2 Å². The van der Waals surface area contributed by atoms with Crippen LogP contribution in [0.5, 0.6) is 0 Å². The summed E-state index contributed by atoms with van der Waals surface area (Å²) >= 11 is 12.5. The van der Waals surface area contributed by atoms with Gasteiger partial charge < -0.3 is 4.57 Å². The number of halogens is 2. The minimum absolute atomic E-state index is 0.283. The van der Waals surface area contributed by atoms with Gasteiger partial charge in [-0.1, -0.05) is 61.3 Å². The lowest BCUT2D eigenvalue weighted by Crippen LogP contribution is -2.40. The van der Waals surface area contributed by atoms with Crippen molar-refractivity contribution in [3.05, 3.63) is 91.3 Å². The summed E-state index contributed by atoms with van der Waals surface area (Å²) in [7, 11) is 0. The Kier molecular flexibility index (Phi) is 6.03. The lowest BCUT2D eigenvalue weighted by molar-refractivity contribution is 0.491. The molecule has 0 aliphatic rings. The minimum atomic E-state index is -0.445. The molecule has 0 radical (unpaired) electrons. The molecule has 0 N–H and O–H groups in total. The van der Waals surface area contributed by atoms with Crippen LogP contribution in [0.4, 0.5) is 0 Å². The van der Waals surface area contributed by atoms with E-state index in [4.69, 9.17) is 23.2 Å². The van der Waals surface area contributed by atoms with E-state index in [9.17, 15) is 9.59 Å². The number of nitrogens with zero attached hydrogens (tertiary/aromatic N) is 4. The van der Waals surface area contributed by atoms with E-state index in [1.165, 1.54) is 9.13 Å². The first-order valence-corrected chi connectivity index (χ1v) is 10.8. The minimum Gasteiger partial charge on any atom is -0.320 e. The first kappa shape index (κ1) is 21.4. The second kappa shape index (κ2) is 8.73. The summed E-state index contributed by atoms with van der Waals surface area (Å²) in [5.74, 6) is 0.340. The van der Waals surface area contributed by atoms with Gasteiger partial charge in [0, 0.05) is 18.1 Å². The van der Waals surface area contributed by atoms with Gasteiger partial charge in [-0.15, -0.1) is 0 Å². The number of benzene rings is 2. The van der Waals surface area contributed by atoms with Gasteiger partial charge in [-0.05, 0) is 42.2 Å². The summed E-state index contributed by atoms with van der Waals surface area (Å²) in [6, 6.07) is 14.5. The van der Waals surface area contributed by atoms with Gasteiger partial charge in [-0.2, -0.15) is 0 Å². The summed E-state index contributed by atoms with van der Waals surface area (Å²) in [6.07, 6.45) is 2.28. The first-order chi connectivity index (χ1) is 14.9. The number of hydrogen-bond donors (Lipinski definition) is 0. The summed E-state index contributed by atoms with van der Waals surface area (Å²) < 4.78 is 4.46. The highest BCUT2D eigenvalue weighted by molar-refractivity contribution is 6.32. The lowest BCUT2D eigenvalue weighted by atomic mass is 10.1. The zero-order valence-electron chi connectivity index (χ0n) is 17.3. The van der Waals surface area contributed by atoms with Crippen LogP contribution in [0.15, 0.2) is 64.4 Å². The third-order valence-corrected chi connectivity index (χ3v) is 5.72. The van der Waals surface area contributed by atoms with Crippen LogP contribution in [-0.4, -0.2) is 18.7 Å². The van der Waals surface area contributed by atoms with Crippen LogP contribution in [0.3, 0.4) is 0 Å². The van der Waals surface area contributed by atoms with Crippen molar-refractivity contribution in [3.8, 4) is 5.69 Å². The van der Waals surface area contributed by atoms with Gasteiger partial charge in [-0.25, -0.2) is 14.3 Å². The molecule has 2 aromatic carbocycles. The van der Waals surface area contributed by atoms with Crippen molar-refractivity contribution in [2.24, 2.45) is 5.92 Å². The molecule has 160 valence electrons. The fraction of sp³-hybridized carbons (Fsp3) is 0.261. The average molecular weight is 457 g/mol. The Bertz CT molecular complexity index is 1370. The van der Waals surface area contributed by atoms with Gasteiger partial charge in [0.25, 0.3) is 5.56 Å². The van der Waals surface area contributed by atoms with E-state index in [1.807, 2.05) is 18.2 Å². The standard InChI is InChI=1S/C23H22Cl2N4O2/c1-15(2)10-11-28-22(30)20-21(29(23(28)31)19-9-4-3-8-18(19)25)26-14-27(20)13-16-6-5-7-17(24)12-16/h3-9,12,14-15H,10-11,13H2,1-2H3. The predicted molar refractivity (Wildman–Crippen MR) is 125 cm³/mol. The SMILES string of the molecule is CC(C)CCn1c(=O)c2c(ncn2Cc2cccc(Cl)c2)n(-c2ccccc2Cl)c1=O. The normalized spacial score (nSPS) is 11.5. The first-order valence-electron chi connectivity index (χ1n) is 10.1. The van der Waals surface area contributed by atoms with E-state index in [0.29, 0.717) is 46.7 Å². The lowest BCUT2D eigenvalue weighted by Gasteiger charge is -2.14. The molecule has 0 unspecified atom stereocenters. The smallest absolute Gasteiger partial charge is 0.320 e. The second-order valence-corrected chi connectivity index (χ2v) is 8.73. The highest BCUT2D eigenvalue weighted by atomic mass is 35.5. The highest BCUT2D eigenvalue weighted by Gasteiger charge is 2.20. The maximum absolute atomic E-state index is 13.4. The van der Waals surface area contributed by atoms with Crippen LogP contribution < -0.4 is 11.2 Å². The van der Waals surface area contributed by atoms with Crippen molar-refractivity contribution in [2.45, 2.75) is 33.4 Å². The number of aromatic nitrogens is 4. The van der Waals surface area contributed by atoms with Gasteiger partial charge >= 0.3 is 5.69 Å². The third kappa shape index (κ3) is 4.18. The summed E-state index contributed by atoms with van der Waals surface area (Å²) in [6.45, 7) is 4.83. The Balaban J connectivity index is 1.98. The van der Waals surface area contributed by atoms with Crippen LogP contribution in [0, 0.1) is 5.92 Å². The van der Waals surface area contributed by atoms with E-state index in [2.05, 4.69) is 18.8 Å². The van der Waals surface area contributed by atoms with Crippen molar-refractivity contribution in [1.29, 1.82) is 0 Å². The number of rotatable bonds is 6. The molecule has 0 amide bonds. The maximum atomic E-state index is 13.4. The number of imidazole rings is 1. The molecule has 4 rings (SSSR count). The van der Waals surface area contributed by atoms with Crippen LogP contribution in [0.25, 0.3) is 16.9 Å². The molecule has 0 bridgehead atoms. The van der Waals surface area contributed by atoms with Crippen molar-refractivity contribution in [1.82, 2.24) is 18.7 Å². The van der Waals surface area contributed by atoms with E-state index in [1.54, 1.807) is 41.2 Å². The van der Waals surface area contributed by atoms with E-state index in [0.717, 1.165) is 5.56 Å². The maximum Gasteiger partial charge on any atom is 0.337 e. The van der Waals surface area contributed by atoms with Crippen molar-refractivity contribution >= 4 is 34.4 Å². The Labute approximate surface area is 189 Å². The summed E-state index contributed by atoms with van der Waals surface area (Å²) in [4.78, 5) is 31.2. The molecule has 0 saturated carbocycles. The molecule has 0 aliphatic heterocycles. The molecule has 0 atom stereocenters. The largest absolute Gasteiger partial charge is 0.337 e. The predicted octanol–water partition coefficient (Wildman–Crippen LogP) is 4.75. The van der Waals surface area contributed by atoms with E-state index < -0.39 is 5.69 Å². The molecular weight excluding hydrogens is 435 g/mol. The second-order valence-electron chi connectivity index (χ2n) is 7.88. The number of fused-ring (bicyclic) bond motifs is 1. The topological polar surface area (TPSA) is 61.8 Å². The molecule has 6 nitrogen and oxygen atoms in total. The number of hydrogen-bond acceptors (Lipinski definition) is 3. The fourth-order valence-electron chi connectivity index (χ4n) is 3.57. The molecule has 2 aromatic heterocycles. The molecule has 0 fully saturated rings. The molecule has 4 aromatic rings. The van der Waals surface area contributed by atoms with E-state index in [-0.39, 0.29) is 11.2 Å². The molecular formula is C23H22Cl2N4O2. The highest BCUT2D eigenvalue weighted by Crippen LogP contribution is 2.22. The molecule has 0 spiro atoms. The van der Waals surface area contributed by atoms with Crippen molar-refractivity contribution in [3.63, 3.8) is 0 Å². The van der Waals surface area contributed by atoms with Gasteiger partial charge in [-0.3, -0.25) is 9.36 Å². The zero-order valence-corrected chi connectivity index (χ0v) is 18.8. The van der Waals surface area contributed by atoms with Crippen LogP contribution in [0.1, 0.15) is 25.8 Å². The summed E-state index contributed by atoms with van der Waals surface area (Å²) in [5.41, 5.74) is 1.25. The van der Waals surface area contributed by atoms with Gasteiger partial charge in [0.2, 0.25) is 0 Å². The van der Waals surface area contributed by atoms with Crippen LogP contribution in [0.2, 0.25) is 10.0 Å². The van der Waals surface area contributed by atoms with Crippen LogP contribution in [-0.2, 0) is 13.1 Å². The molecule has 8 heteroatoms. The Morgan fingerprint density at radius 2 is 1.81 bits per heavy atom. The Hall–Kier alpha value is -2.83. The van der Waals surface area contributed by atoms with Gasteiger partial charge in [0.15, 0.2) is 11.2 Å². The Morgan fingerprint density at radius 3 is 2.52 bits per heavy atom. The molecule has 0 aliphatic carbocycles. The number of para-hydroxylation sites is 1. The van der Waals surface area contributed by atoms with Crippen molar-refractivity contribution in [2.75, 3.05) is 0 Å². The fourth-order valence-corrected chi connectivity index (χ4v) is 4.00. The quantitative estimate of drug-likeness (QED) is 0.420. The van der Waals surface area contributed by atoms with Gasteiger partial charge in [0.05, 0.1) is 17.0 Å². The third-order valence-electron chi connectivity index (χ3n) is 5.17. The molecule has 2 heterocycles. The Morgan fingerprint density at radius 1 is 1.03 bits per heavy atom. The van der Waals surface area contributed by atoms with Gasteiger partial charge in [0.1, 0.15) is 0 Å².